The molecule has 1 aromatic heterocycles. The molecule has 1 aromatic carbocycles. The number of ether oxygens (including phenoxy) is 1. The molecule has 0 aliphatic carbocycles. The van der Waals surface area contributed by atoms with E-state index in [0.717, 1.165) is 16.6 Å². The van der Waals surface area contributed by atoms with E-state index in [1.165, 1.54) is 0 Å². The van der Waals surface area contributed by atoms with E-state index in [0.29, 0.717) is 6.61 Å². The quantitative estimate of drug-likeness (QED) is 0.666. The summed E-state index contributed by atoms with van der Waals surface area (Å²) in [5.41, 5.74) is 0.742. The van der Waals surface area contributed by atoms with Crippen molar-refractivity contribution in [2.45, 2.75) is 58.1 Å². The maximum atomic E-state index is 12.2. The number of carbonyl (C=O) groups is 1. The molecule has 1 aliphatic rings. The van der Waals surface area contributed by atoms with Gasteiger partial charge in [0, 0.05) is 16.9 Å². The van der Waals surface area contributed by atoms with Crippen LogP contribution in [0.5, 0.6) is 0 Å². The minimum Gasteiger partial charge on any atom is -0.466 e. The van der Waals surface area contributed by atoms with Gasteiger partial charge in [0.25, 0.3) is 0 Å². The number of carbonyl (C=O) groups excluding carboxylic acids is 1. The van der Waals surface area contributed by atoms with Crippen molar-refractivity contribution < 1.29 is 18.8 Å². The normalized spacial score (nSPS) is 20.0. The lowest BCUT2D eigenvalue weighted by molar-refractivity contribution is -0.143. The molecular formula is C18H25BN2O4. The summed E-state index contributed by atoms with van der Waals surface area (Å²) in [5, 5.41) is 8.39. The second-order valence-corrected chi connectivity index (χ2v) is 7.39. The lowest BCUT2D eigenvalue weighted by Crippen LogP contribution is -2.41. The molecule has 1 aliphatic heterocycles. The van der Waals surface area contributed by atoms with Gasteiger partial charge in [0.1, 0.15) is 0 Å². The van der Waals surface area contributed by atoms with E-state index < -0.39 is 18.3 Å². The van der Waals surface area contributed by atoms with Crippen LogP contribution in [0.15, 0.2) is 24.3 Å². The van der Waals surface area contributed by atoms with E-state index in [9.17, 15) is 4.79 Å². The van der Waals surface area contributed by atoms with E-state index in [-0.39, 0.29) is 18.2 Å². The van der Waals surface area contributed by atoms with Crippen molar-refractivity contribution in [1.82, 2.24) is 10.2 Å². The van der Waals surface area contributed by atoms with Gasteiger partial charge in [-0.3, -0.25) is 9.89 Å². The van der Waals surface area contributed by atoms with Gasteiger partial charge in [0.2, 0.25) is 0 Å². The number of rotatable bonds is 5. The highest BCUT2D eigenvalue weighted by Crippen LogP contribution is 2.42. The number of aromatic amines is 1. The Morgan fingerprint density at radius 1 is 1.24 bits per heavy atom. The number of para-hydroxylation sites is 1. The third-order valence-corrected chi connectivity index (χ3v) is 5.15. The Kier molecular flexibility index (Phi) is 4.64. The Morgan fingerprint density at radius 2 is 1.88 bits per heavy atom. The molecular weight excluding hydrogens is 319 g/mol. The molecule has 25 heavy (non-hydrogen) atoms. The van der Waals surface area contributed by atoms with Gasteiger partial charge in [0.15, 0.2) is 0 Å². The number of nitrogens with one attached hydrogen (secondary N) is 1. The minimum absolute atomic E-state index is 0.164. The van der Waals surface area contributed by atoms with Crippen molar-refractivity contribution in [3.05, 3.63) is 30.0 Å². The number of esters is 1. The van der Waals surface area contributed by atoms with Crippen molar-refractivity contribution in [2.24, 2.45) is 0 Å². The van der Waals surface area contributed by atoms with Crippen LogP contribution in [-0.4, -0.2) is 41.1 Å². The van der Waals surface area contributed by atoms with Gasteiger partial charge in [-0.2, -0.15) is 5.10 Å². The number of benzene rings is 1. The van der Waals surface area contributed by atoms with Crippen molar-refractivity contribution in [2.75, 3.05) is 6.61 Å². The Balaban J connectivity index is 1.98. The smallest absolute Gasteiger partial charge is 0.466 e. The first-order chi connectivity index (χ1) is 11.7. The summed E-state index contributed by atoms with van der Waals surface area (Å²) in [7, 11) is -0.557. The average molecular weight is 344 g/mol. The zero-order valence-corrected chi connectivity index (χ0v) is 15.5. The molecule has 7 heteroatoms. The number of nitrogens with zero attached hydrogens (tertiary/aromatic N) is 1. The number of hydrogen-bond acceptors (Lipinski definition) is 5. The topological polar surface area (TPSA) is 73.4 Å². The summed E-state index contributed by atoms with van der Waals surface area (Å²) < 4.78 is 17.6. The molecule has 0 saturated carbocycles. The van der Waals surface area contributed by atoms with Gasteiger partial charge in [-0.1, -0.05) is 18.2 Å². The molecule has 2 aromatic rings. The molecule has 6 nitrogen and oxygen atoms in total. The van der Waals surface area contributed by atoms with Gasteiger partial charge in [0.05, 0.1) is 29.7 Å². The molecule has 1 fully saturated rings. The molecule has 1 N–H and O–H groups in total. The maximum absolute atomic E-state index is 12.2. The lowest BCUT2D eigenvalue weighted by Gasteiger charge is -2.32. The molecule has 1 atom stereocenters. The maximum Gasteiger partial charge on any atom is 0.468 e. The van der Waals surface area contributed by atoms with Crippen LogP contribution in [0.4, 0.5) is 0 Å². The number of H-pyrrole nitrogens is 1. The van der Waals surface area contributed by atoms with Gasteiger partial charge in [-0.15, -0.1) is 0 Å². The second kappa shape index (κ2) is 6.46. The summed E-state index contributed by atoms with van der Waals surface area (Å²) in [4.78, 5) is 12.2. The summed E-state index contributed by atoms with van der Waals surface area (Å²) >= 11 is 0. The third-order valence-electron chi connectivity index (χ3n) is 5.15. The monoisotopic (exact) mass is 344 g/mol. The first-order valence-electron chi connectivity index (χ1n) is 8.69. The van der Waals surface area contributed by atoms with Gasteiger partial charge in [-0.05, 0) is 40.7 Å². The van der Waals surface area contributed by atoms with Crippen molar-refractivity contribution in [3.63, 3.8) is 0 Å². The Hall–Kier alpha value is -1.86. The average Bonchev–Trinajstić information content (AvgIpc) is 3.04. The predicted molar refractivity (Wildman–Crippen MR) is 96.2 cm³/mol. The summed E-state index contributed by atoms with van der Waals surface area (Å²) in [6, 6.07) is 7.80. The zero-order chi connectivity index (χ0) is 18.2. The van der Waals surface area contributed by atoms with E-state index in [1.807, 2.05) is 52.0 Å². The standard InChI is InChI=1S/C18H25BN2O4/c1-6-23-15(22)11-13(19-24-17(2,3)18(4,5)25-19)16-12-9-7-8-10-14(12)20-21-16/h7-10,13H,6,11H2,1-5H3,(H,20,21). The third kappa shape index (κ3) is 3.31. The SMILES string of the molecule is CCOC(=O)CC(B1OC(C)(C)C(C)(C)O1)c1[nH]nc2ccccc12. The van der Waals surface area contributed by atoms with Crippen LogP contribution in [0.1, 0.15) is 52.6 Å². The van der Waals surface area contributed by atoms with Gasteiger partial charge >= 0.3 is 13.1 Å². The van der Waals surface area contributed by atoms with Crippen LogP contribution >= 0.6 is 0 Å². The zero-order valence-electron chi connectivity index (χ0n) is 15.5. The van der Waals surface area contributed by atoms with Crippen LogP contribution in [0, 0.1) is 0 Å². The first-order valence-corrected chi connectivity index (χ1v) is 8.69. The van der Waals surface area contributed by atoms with Gasteiger partial charge < -0.3 is 14.0 Å². The molecule has 2 heterocycles. The Morgan fingerprint density at radius 3 is 2.52 bits per heavy atom. The van der Waals surface area contributed by atoms with Gasteiger partial charge in [-0.25, -0.2) is 0 Å². The van der Waals surface area contributed by atoms with E-state index in [1.54, 1.807) is 6.92 Å². The largest absolute Gasteiger partial charge is 0.468 e. The fraction of sp³-hybridized carbons (Fsp3) is 0.556. The molecule has 3 rings (SSSR count). The molecule has 1 saturated heterocycles. The number of aromatic nitrogens is 2. The highest BCUT2D eigenvalue weighted by molar-refractivity contribution is 6.48. The molecule has 1 unspecified atom stereocenters. The minimum atomic E-state index is -0.557. The molecule has 134 valence electrons. The number of hydrogen-bond donors (Lipinski definition) is 1. The van der Waals surface area contributed by atoms with Crippen LogP contribution in [-0.2, 0) is 18.8 Å². The Labute approximate surface area is 148 Å². The highest BCUT2D eigenvalue weighted by atomic mass is 16.7. The summed E-state index contributed by atoms with van der Waals surface area (Å²) in [6.45, 7) is 10.1. The molecule has 0 spiro atoms. The molecule has 0 amide bonds. The molecule has 0 radical (unpaired) electrons. The fourth-order valence-corrected chi connectivity index (χ4v) is 3.05. The fourth-order valence-electron chi connectivity index (χ4n) is 3.05. The highest BCUT2D eigenvalue weighted by Gasteiger charge is 2.54. The van der Waals surface area contributed by atoms with E-state index in [4.69, 9.17) is 14.0 Å². The predicted octanol–water partition coefficient (Wildman–Crippen LogP) is 3.23. The summed E-state index contributed by atoms with van der Waals surface area (Å²) in [5.74, 6) is -0.603. The molecule has 0 bridgehead atoms. The van der Waals surface area contributed by atoms with Crippen molar-refractivity contribution >= 4 is 24.0 Å². The van der Waals surface area contributed by atoms with Crippen molar-refractivity contribution in [1.29, 1.82) is 0 Å². The van der Waals surface area contributed by atoms with E-state index >= 15 is 0 Å². The first kappa shape index (κ1) is 18.0. The van der Waals surface area contributed by atoms with Crippen LogP contribution < -0.4 is 0 Å². The van der Waals surface area contributed by atoms with Crippen LogP contribution in [0.2, 0.25) is 0 Å². The van der Waals surface area contributed by atoms with Crippen LogP contribution in [0.3, 0.4) is 0 Å². The Bertz CT molecular complexity index is 755. The lowest BCUT2D eigenvalue weighted by atomic mass is 9.67. The van der Waals surface area contributed by atoms with Crippen LogP contribution in [0.25, 0.3) is 10.9 Å². The van der Waals surface area contributed by atoms with E-state index in [2.05, 4.69) is 10.2 Å². The summed E-state index contributed by atoms with van der Waals surface area (Å²) in [6.07, 6.45) is 0.164. The van der Waals surface area contributed by atoms with Crippen molar-refractivity contribution in [3.8, 4) is 0 Å². The number of fused-ring (bicyclic) bond motifs is 1. The second-order valence-electron chi connectivity index (χ2n) is 7.39.